The summed E-state index contributed by atoms with van der Waals surface area (Å²) in [7, 11) is 0. The molecule has 0 fully saturated rings. The third-order valence-electron chi connectivity index (χ3n) is 3.10. The predicted octanol–water partition coefficient (Wildman–Crippen LogP) is 3.08. The van der Waals surface area contributed by atoms with E-state index in [-0.39, 0.29) is 6.04 Å². The molecule has 2 aromatic heterocycles. The lowest BCUT2D eigenvalue weighted by molar-refractivity contribution is 0.783. The van der Waals surface area contributed by atoms with Crippen molar-refractivity contribution in [2.24, 2.45) is 5.73 Å². The van der Waals surface area contributed by atoms with E-state index in [9.17, 15) is 0 Å². The number of halogens is 1. The number of hydrogen-bond donors (Lipinski definition) is 1. The van der Waals surface area contributed by atoms with Crippen molar-refractivity contribution in [1.82, 2.24) is 14.5 Å². The van der Waals surface area contributed by atoms with E-state index >= 15 is 0 Å². The minimum absolute atomic E-state index is 0.232. The fraction of sp³-hybridized carbons (Fsp3) is 0.0667. The average Bonchev–Trinajstić information content (AvgIpc) is 2.97. The molecular weight excluding hydrogens is 316 g/mol. The van der Waals surface area contributed by atoms with Crippen LogP contribution >= 0.6 is 15.9 Å². The zero-order valence-corrected chi connectivity index (χ0v) is 12.2. The van der Waals surface area contributed by atoms with Crippen molar-refractivity contribution in [2.45, 2.75) is 6.04 Å². The van der Waals surface area contributed by atoms with Crippen molar-refractivity contribution in [3.8, 4) is 5.82 Å². The SMILES string of the molecule is NC(c1ccccc1)c1cncn1-c1ccc(Br)cn1. The average molecular weight is 329 g/mol. The molecule has 3 aromatic rings. The molecule has 1 unspecified atom stereocenters. The highest BCUT2D eigenvalue weighted by molar-refractivity contribution is 9.10. The second-order valence-corrected chi connectivity index (χ2v) is 5.33. The molecule has 2 heterocycles. The Hall–Kier alpha value is -1.98. The monoisotopic (exact) mass is 328 g/mol. The highest BCUT2D eigenvalue weighted by atomic mass is 79.9. The van der Waals surface area contributed by atoms with Crippen LogP contribution in [0.5, 0.6) is 0 Å². The maximum Gasteiger partial charge on any atom is 0.138 e. The molecule has 100 valence electrons. The second-order valence-electron chi connectivity index (χ2n) is 4.41. The standard InChI is InChI=1S/C15H13BrN4/c16-12-6-7-14(19-8-12)20-10-18-9-13(20)15(17)11-4-2-1-3-5-11/h1-10,15H,17H2. The Bertz CT molecular complexity index is 691. The lowest BCUT2D eigenvalue weighted by Gasteiger charge is -2.14. The van der Waals surface area contributed by atoms with Gasteiger partial charge in [0.15, 0.2) is 0 Å². The van der Waals surface area contributed by atoms with Gasteiger partial charge in [0.1, 0.15) is 12.1 Å². The molecule has 0 spiro atoms. The van der Waals surface area contributed by atoms with Crippen LogP contribution in [-0.2, 0) is 0 Å². The van der Waals surface area contributed by atoms with Crippen molar-refractivity contribution >= 4 is 15.9 Å². The first-order valence-electron chi connectivity index (χ1n) is 6.20. The summed E-state index contributed by atoms with van der Waals surface area (Å²) < 4.78 is 2.85. The van der Waals surface area contributed by atoms with Crippen LogP contribution in [0, 0.1) is 0 Å². The summed E-state index contributed by atoms with van der Waals surface area (Å²) in [6.45, 7) is 0. The van der Waals surface area contributed by atoms with Crippen molar-refractivity contribution < 1.29 is 0 Å². The molecule has 20 heavy (non-hydrogen) atoms. The van der Waals surface area contributed by atoms with Gasteiger partial charge in [0.05, 0.1) is 17.9 Å². The zero-order chi connectivity index (χ0) is 13.9. The quantitative estimate of drug-likeness (QED) is 0.803. The maximum absolute atomic E-state index is 6.33. The molecule has 1 atom stereocenters. The van der Waals surface area contributed by atoms with Crippen molar-refractivity contribution in [2.75, 3.05) is 0 Å². The molecule has 0 aliphatic heterocycles. The summed E-state index contributed by atoms with van der Waals surface area (Å²) in [4.78, 5) is 8.58. The molecule has 5 heteroatoms. The first kappa shape index (κ1) is 13.0. The fourth-order valence-corrected chi connectivity index (χ4v) is 2.30. The fourth-order valence-electron chi connectivity index (χ4n) is 2.07. The Kier molecular flexibility index (Phi) is 3.62. The van der Waals surface area contributed by atoms with E-state index in [1.807, 2.05) is 47.0 Å². The highest BCUT2D eigenvalue weighted by Gasteiger charge is 2.14. The summed E-state index contributed by atoms with van der Waals surface area (Å²) in [5.41, 5.74) is 8.29. The Morgan fingerprint density at radius 3 is 2.55 bits per heavy atom. The van der Waals surface area contributed by atoms with E-state index in [1.165, 1.54) is 0 Å². The summed E-state index contributed by atoms with van der Waals surface area (Å²) >= 11 is 3.38. The lowest BCUT2D eigenvalue weighted by Crippen LogP contribution is -2.16. The van der Waals surface area contributed by atoms with Crippen LogP contribution in [-0.4, -0.2) is 14.5 Å². The number of aromatic nitrogens is 3. The number of rotatable bonds is 3. The molecular formula is C15H13BrN4. The van der Waals surface area contributed by atoms with Gasteiger partial charge in [0.2, 0.25) is 0 Å². The first-order chi connectivity index (χ1) is 9.75. The number of benzene rings is 1. The van der Waals surface area contributed by atoms with Gasteiger partial charge in [-0.2, -0.15) is 0 Å². The minimum atomic E-state index is -0.232. The van der Waals surface area contributed by atoms with Crippen LogP contribution in [0.4, 0.5) is 0 Å². The van der Waals surface area contributed by atoms with Crippen LogP contribution in [0.2, 0.25) is 0 Å². The normalized spacial score (nSPS) is 12.3. The molecule has 0 saturated heterocycles. The predicted molar refractivity (Wildman–Crippen MR) is 81.5 cm³/mol. The van der Waals surface area contributed by atoms with E-state index in [0.717, 1.165) is 21.5 Å². The number of hydrogen-bond acceptors (Lipinski definition) is 3. The Morgan fingerprint density at radius 1 is 1.05 bits per heavy atom. The molecule has 3 rings (SSSR count). The molecule has 4 nitrogen and oxygen atoms in total. The number of pyridine rings is 1. The smallest absolute Gasteiger partial charge is 0.138 e. The van der Waals surface area contributed by atoms with Gasteiger partial charge < -0.3 is 5.73 Å². The lowest BCUT2D eigenvalue weighted by atomic mass is 10.1. The van der Waals surface area contributed by atoms with E-state index in [2.05, 4.69) is 25.9 Å². The summed E-state index contributed by atoms with van der Waals surface area (Å²) in [6.07, 6.45) is 5.27. The summed E-state index contributed by atoms with van der Waals surface area (Å²) in [6, 6.07) is 13.6. The summed E-state index contributed by atoms with van der Waals surface area (Å²) in [5.74, 6) is 0.798. The van der Waals surface area contributed by atoms with E-state index in [0.29, 0.717) is 0 Å². The zero-order valence-electron chi connectivity index (χ0n) is 10.6. The number of nitrogens with zero attached hydrogens (tertiary/aromatic N) is 3. The van der Waals surface area contributed by atoms with Gasteiger partial charge in [-0.05, 0) is 33.6 Å². The van der Waals surface area contributed by atoms with E-state index in [1.54, 1.807) is 18.7 Å². The summed E-state index contributed by atoms with van der Waals surface area (Å²) in [5, 5.41) is 0. The Morgan fingerprint density at radius 2 is 1.85 bits per heavy atom. The minimum Gasteiger partial charge on any atom is -0.319 e. The van der Waals surface area contributed by atoms with Gasteiger partial charge in [-0.15, -0.1) is 0 Å². The first-order valence-corrected chi connectivity index (χ1v) is 6.99. The van der Waals surface area contributed by atoms with Gasteiger partial charge >= 0.3 is 0 Å². The van der Waals surface area contributed by atoms with Crippen LogP contribution in [0.1, 0.15) is 17.3 Å². The van der Waals surface area contributed by atoms with Crippen LogP contribution in [0.3, 0.4) is 0 Å². The molecule has 0 radical (unpaired) electrons. The number of imidazole rings is 1. The van der Waals surface area contributed by atoms with Crippen LogP contribution < -0.4 is 5.73 Å². The topological polar surface area (TPSA) is 56.7 Å². The third kappa shape index (κ3) is 2.50. The molecule has 0 aliphatic carbocycles. The Balaban J connectivity index is 2.00. The van der Waals surface area contributed by atoms with Crippen molar-refractivity contribution in [1.29, 1.82) is 0 Å². The van der Waals surface area contributed by atoms with Gasteiger partial charge in [-0.1, -0.05) is 30.3 Å². The molecule has 0 bridgehead atoms. The highest BCUT2D eigenvalue weighted by Crippen LogP contribution is 2.21. The van der Waals surface area contributed by atoms with Crippen molar-refractivity contribution in [3.63, 3.8) is 0 Å². The maximum atomic E-state index is 6.33. The van der Waals surface area contributed by atoms with Gasteiger partial charge in [0, 0.05) is 10.7 Å². The molecule has 2 N–H and O–H groups in total. The Labute approximate surface area is 125 Å². The molecule has 0 aliphatic rings. The van der Waals surface area contributed by atoms with Crippen LogP contribution in [0.15, 0.2) is 65.7 Å². The number of nitrogens with two attached hydrogens (primary N) is 1. The largest absolute Gasteiger partial charge is 0.319 e. The van der Waals surface area contributed by atoms with Gasteiger partial charge in [-0.25, -0.2) is 9.97 Å². The van der Waals surface area contributed by atoms with E-state index < -0.39 is 0 Å². The van der Waals surface area contributed by atoms with Crippen molar-refractivity contribution in [3.05, 3.63) is 76.9 Å². The van der Waals surface area contributed by atoms with Gasteiger partial charge in [-0.3, -0.25) is 4.57 Å². The second kappa shape index (κ2) is 5.56. The van der Waals surface area contributed by atoms with Gasteiger partial charge in [0.25, 0.3) is 0 Å². The van der Waals surface area contributed by atoms with E-state index in [4.69, 9.17) is 5.73 Å². The molecule has 1 aromatic carbocycles. The van der Waals surface area contributed by atoms with Crippen LogP contribution in [0.25, 0.3) is 5.82 Å². The molecule has 0 amide bonds. The third-order valence-corrected chi connectivity index (χ3v) is 3.57. The molecule has 0 saturated carbocycles.